The summed E-state index contributed by atoms with van der Waals surface area (Å²) >= 11 is 6.60. The molecule has 1 heterocycles. The summed E-state index contributed by atoms with van der Waals surface area (Å²) in [6.45, 7) is -0.585. The van der Waals surface area contributed by atoms with Gasteiger partial charge >= 0.3 is 5.97 Å². The normalized spacial score (nSPS) is 14.0. The molecule has 1 fully saturated rings. The van der Waals surface area contributed by atoms with Gasteiger partial charge in [-0.15, -0.1) is 0 Å². The lowest BCUT2D eigenvalue weighted by atomic mass is 10.2. The SMILES string of the molecule is O=C(COC(=O)c1c(F)cccc1Cl)NCCN1C(=O)CSC1=O. The number of rotatable bonds is 6. The van der Waals surface area contributed by atoms with Crippen molar-refractivity contribution in [2.45, 2.75) is 0 Å². The van der Waals surface area contributed by atoms with E-state index in [0.29, 0.717) is 0 Å². The molecular weight excluding hydrogens is 363 g/mol. The highest BCUT2D eigenvalue weighted by atomic mass is 35.5. The van der Waals surface area contributed by atoms with Gasteiger partial charge in [-0.25, -0.2) is 9.18 Å². The summed E-state index contributed by atoms with van der Waals surface area (Å²) in [5, 5.41) is 1.90. The Morgan fingerprint density at radius 3 is 2.75 bits per heavy atom. The molecule has 128 valence electrons. The zero-order chi connectivity index (χ0) is 17.7. The molecule has 0 spiro atoms. The Bertz CT molecular complexity index is 663. The van der Waals surface area contributed by atoms with Gasteiger partial charge in [0.1, 0.15) is 11.4 Å². The number of amides is 3. The number of carbonyl (C=O) groups excluding carboxylic acids is 4. The molecule has 0 bridgehead atoms. The van der Waals surface area contributed by atoms with Crippen molar-refractivity contribution in [3.63, 3.8) is 0 Å². The summed E-state index contributed by atoms with van der Waals surface area (Å²) in [6, 6.07) is 3.70. The van der Waals surface area contributed by atoms with Crippen molar-refractivity contribution >= 4 is 46.4 Å². The van der Waals surface area contributed by atoms with Crippen LogP contribution < -0.4 is 5.32 Å². The van der Waals surface area contributed by atoms with Gasteiger partial charge < -0.3 is 10.1 Å². The third kappa shape index (κ3) is 4.45. The average molecular weight is 375 g/mol. The second-order valence-electron chi connectivity index (χ2n) is 4.62. The molecule has 1 aliphatic heterocycles. The second-order valence-corrected chi connectivity index (χ2v) is 5.96. The van der Waals surface area contributed by atoms with Crippen molar-refractivity contribution < 1.29 is 28.3 Å². The number of nitrogens with zero attached hydrogens (tertiary/aromatic N) is 1. The fourth-order valence-electron chi connectivity index (χ4n) is 1.85. The van der Waals surface area contributed by atoms with E-state index < -0.39 is 29.9 Å². The summed E-state index contributed by atoms with van der Waals surface area (Å²) < 4.78 is 18.2. The maximum atomic E-state index is 13.5. The first-order valence-electron chi connectivity index (χ1n) is 6.75. The quantitative estimate of drug-likeness (QED) is 0.757. The van der Waals surface area contributed by atoms with Crippen molar-refractivity contribution in [3.05, 3.63) is 34.6 Å². The predicted molar refractivity (Wildman–Crippen MR) is 84.3 cm³/mol. The maximum absolute atomic E-state index is 13.5. The van der Waals surface area contributed by atoms with Crippen molar-refractivity contribution in [3.8, 4) is 0 Å². The van der Waals surface area contributed by atoms with Crippen LogP contribution in [0.1, 0.15) is 10.4 Å². The van der Waals surface area contributed by atoms with Crippen molar-refractivity contribution in [2.24, 2.45) is 0 Å². The first kappa shape index (κ1) is 18.2. The highest BCUT2D eigenvalue weighted by molar-refractivity contribution is 8.14. The Morgan fingerprint density at radius 1 is 1.38 bits per heavy atom. The van der Waals surface area contributed by atoms with E-state index in [1.807, 2.05) is 0 Å². The maximum Gasteiger partial charge on any atom is 0.343 e. The fourth-order valence-corrected chi connectivity index (χ4v) is 2.84. The van der Waals surface area contributed by atoms with Gasteiger partial charge in [-0.2, -0.15) is 0 Å². The average Bonchev–Trinajstić information content (AvgIpc) is 2.84. The van der Waals surface area contributed by atoms with E-state index in [-0.39, 0.29) is 35.0 Å². The molecule has 1 aromatic carbocycles. The molecule has 1 aromatic rings. The van der Waals surface area contributed by atoms with Gasteiger partial charge in [0.2, 0.25) is 5.91 Å². The largest absolute Gasteiger partial charge is 0.452 e. The highest BCUT2D eigenvalue weighted by Crippen LogP contribution is 2.20. The van der Waals surface area contributed by atoms with E-state index in [9.17, 15) is 23.6 Å². The third-order valence-corrected chi connectivity index (χ3v) is 4.17. The number of thioether (sulfide) groups is 1. The van der Waals surface area contributed by atoms with Crippen molar-refractivity contribution in [1.29, 1.82) is 0 Å². The van der Waals surface area contributed by atoms with Gasteiger partial charge in [-0.1, -0.05) is 29.4 Å². The second kappa shape index (κ2) is 8.11. The minimum atomic E-state index is -1.06. The lowest BCUT2D eigenvalue weighted by Gasteiger charge is -2.13. The van der Waals surface area contributed by atoms with E-state index in [4.69, 9.17) is 11.6 Å². The first-order chi connectivity index (χ1) is 11.4. The summed E-state index contributed by atoms with van der Waals surface area (Å²) in [6.07, 6.45) is 0. The van der Waals surface area contributed by atoms with Crippen LogP contribution in [-0.2, 0) is 14.3 Å². The lowest BCUT2D eigenvalue weighted by molar-refractivity contribution is -0.126. The number of halogens is 2. The number of hydrogen-bond acceptors (Lipinski definition) is 6. The van der Waals surface area contributed by atoms with Gasteiger partial charge in [-0.05, 0) is 12.1 Å². The third-order valence-electron chi connectivity index (χ3n) is 3.00. The minimum Gasteiger partial charge on any atom is -0.452 e. The molecule has 0 atom stereocenters. The topological polar surface area (TPSA) is 92.8 Å². The van der Waals surface area contributed by atoms with E-state index in [0.717, 1.165) is 22.7 Å². The molecule has 0 saturated carbocycles. The van der Waals surface area contributed by atoms with Crippen LogP contribution in [0.2, 0.25) is 5.02 Å². The van der Waals surface area contributed by atoms with Gasteiger partial charge in [-0.3, -0.25) is 19.3 Å². The van der Waals surface area contributed by atoms with Crippen LogP contribution in [0.4, 0.5) is 9.18 Å². The molecule has 1 N–H and O–H groups in total. The molecular formula is C14H12ClFN2O5S. The van der Waals surface area contributed by atoms with E-state index >= 15 is 0 Å². The van der Waals surface area contributed by atoms with Crippen LogP contribution in [0, 0.1) is 5.82 Å². The number of imide groups is 1. The number of esters is 1. The van der Waals surface area contributed by atoms with E-state index in [2.05, 4.69) is 10.1 Å². The van der Waals surface area contributed by atoms with Crippen molar-refractivity contribution in [1.82, 2.24) is 10.2 Å². The van der Waals surface area contributed by atoms with Gasteiger partial charge in [0.15, 0.2) is 6.61 Å². The van der Waals surface area contributed by atoms with Crippen LogP contribution in [0.15, 0.2) is 18.2 Å². The molecule has 3 amide bonds. The van der Waals surface area contributed by atoms with Crippen LogP contribution >= 0.6 is 23.4 Å². The zero-order valence-corrected chi connectivity index (χ0v) is 13.8. The highest BCUT2D eigenvalue weighted by Gasteiger charge is 2.29. The molecule has 10 heteroatoms. The van der Waals surface area contributed by atoms with Crippen molar-refractivity contribution in [2.75, 3.05) is 25.4 Å². The number of benzene rings is 1. The summed E-state index contributed by atoms with van der Waals surface area (Å²) in [4.78, 5) is 47.0. The van der Waals surface area contributed by atoms with Crippen LogP contribution in [0.25, 0.3) is 0 Å². The molecule has 2 rings (SSSR count). The first-order valence-corrected chi connectivity index (χ1v) is 8.11. The van der Waals surface area contributed by atoms with Gasteiger partial charge in [0.05, 0.1) is 10.8 Å². The zero-order valence-electron chi connectivity index (χ0n) is 12.2. The van der Waals surface area contributed by atoms with E-state index in [1.165, 1.54) is 12.1 Å². The summed E-state index contributed by atoms with van der Waals surface area (Å²) in [5.41, 5.74) is -0.447. The number of nitrogens with one attached hydrogen (secondary N) is 1. The van der Waals surface area contributed by atoms with Gasteiger partial charge in [0.25, 0.3) is 11.1 Å². The molecule has 1 aliphatic rings. The van der Waals surface area contributed by atoms with Crippen LogP contribution in [0.5, 0.6) is 0 Å². The molecule has 0 unspecified atom stereocenters. The molecule has 1 saturated heterocycles. The molecule has 0 aromatic heterocycles. The number of hydrogen-bond donors (Lipinski definition) is 1. The molecule has 7 nitrogen and oxygen atoms in total. The van der Waals surface area contributed by atoms with Crippen LogP contribution in [-0.4, -0.2) is 53.4 Å². The standard InChI is InChI=1S/C14H12ClFN2O5S/c15-8-2-1-3-9(16)12(8)13(21)23-6-10(19)17-4-5-18-11(20)7-24-14(18)22/h1-3H,4-7H2,(H,17,19). The molecule has 24 heavy (non-hydrogen) atoms. The number of carbonyl (C=O) groups is 4. The lowest BCUT2D eigenvalue weighted by Crippen LogP contribution is -2.38. The van der Waals surface area contributed by atoms with Gasteiger partial charge in [0, 0.05) is 13.1 Å². The predicted octanol–water partition coefficient (Wildman–Crippen LogP) is 1.45. The Kier molecular flexibility index (Phi) is 6.16. The Hall–Kier alpha value is -2.13. The summed E-state index contributed by atoms with van der Waals surface area (Å²) in [5.74, 6) is -2.79. The molecule has 0 radical (unpaired) electrons. The fraction of sp³-hybridized carbons (Fsp3) is 0.286. The smallest absolute Gasteiger partial charge is 0.343 e. The minimum absolute atomic E-state index is 0.0227. The van der Waals surface area contributed by atoms with Crippen LogP contribution in [0.3, 0.4) is 0 Å². The Labute approximate surface area is 145 Å². The number of ether oxygens (including phenoxy) is 1. The monoisotopic (exact) mass is 374 g/mol. The summed E-state index contributed by atoms with van der Waals surface area (Å²) in [7, 11) is 0. The molecule has 0 aliphatic carbocycles. The Morgan fingerprint density at radius 2 is 2.12 bits per heavy atom. The van der Waals surface area contributed by atoms with E-state index in [1.54, 1.807) is 0 Å². The Balaban J connectivity index is 1.76.